The van der Waals surface area contributed by atoms with Crippen LogP contribution in [0.5, 0.6) is 11.6 Å². The van der Waals surface area contributed by atoms with Crippen molar-refractivity contribution in [2.45, 2.75) is 0 Å². The third-order valence-electron chi connectivity index (χ3n) is 5.00. The molecule has 3 heterocycles. The van der Waals surface area contributed by atoms with Crippen LogP contribution in [0.3, 0.4) is 0 Å². The number of pyridine rings is 1. The number of nitrogens with zero attached hydrogens (tertiary/aromatic N) is 5. The van der Waals surface area contributed by atoms with Crippen LogP contribution in [-0.2, 0) is 4.74 Å². The van der Waals surface area contributed by atoms with E-state index in [-0.39, 0.29) is 11.4 Å². The van der Waals surface area contributed by atoms with Gasteiger partial charge in [-0.1, -0.05) is 23.2 Å². The SMILES string of the molecule is COC(=O)c1cc(Oc2cnc(N3CCN(C)CC3)nc2)nc(-c2cc(Cl)cc(Cl)c2)c1. The maximum atomic E-state index is 12.2. The number of carbonyl (C=O) groups excluding carboxylic acids is 1. The van der Waals surface area contributed by atoms with E-state index < -0.39 is 5.97 Å². The molecule has 0 aliphatic carbocycles. The molecule has 0 saturated carbocycles. The van der Waals surface area contributed by atoms with Crippen molar-refractivity contribution in [2.75, 3.05) is 45.2 Å². The number of ether oxygens (including phenoxy) is 2. The Hall–Kier alpha value is -2.94. The number of carbonyl (C=O) groups is 1. The first-order valence-corrected chi connectivity index (χ1v) is 10.7. The Morgan fingerprint density at radius 3 is 2.25 bits per heavy atom. The van der Waals surface area contributed by atoms with Crippen molar-refractivity contribution in [1.82, 2.24) is 19.9 Å². The topological polar surface area (TPSA) is 80.7 Å². The Kier molecular flexibility index (Phi) is 6.74. The molecule has 8 nitrogen and oxygen atoms in total. The van der Waals surface area contributed by atoms with Crippen LogP contribution in [0.4, 0.5) is 5.95 Å². The first-order chi connectivity index (χ1) is 15.4. The number of methoxy groups -OCH3 is 1. The molecule has 4 rings (SSSR count). The molecule has 1 aliphatic rings. The van der Waals surface area contributed by atoms with Gasteiger partial charge in [0.2, 0.25) is 11.8 Å². The average Bonchev–Trinajstić information content (AvgIpc) is 2.79. The smallest absolute Gasteiger partial charge is 0.338 e. The van der Waals surface area contributed by atoms with E-state index in [0.29, 0.717) is 33.0 Å². The number of piperazine rings is 1. The molecule has 0 N–H and O–H groups in total. The molecule has 10 heteroatoms. The number of esters is 1. The lowest BCUT2D eigenvalue weighted by Crippen LogP contribution is -2.45. The second-order valence-electron chi connectivity index (χ2n) is 7.34. The van der Waals surface area contributed by atoms with Gasteiger partial charge < -0.3 is 19.3 Å². The number of hydrogen-bond donors (Lipinski definition) is 0. The first-order valence-electron chi connectivity index (χ1n) is 9.91. The molecule has 0 radical (unpaired) electrons. The standard InChI is InChI=1S/C22H21Cl2N5O3/c1-28-3-5-29(6-4-28)22-25-12-18(13-26-22)32-20-10-15(21(30)31-2)9-19(27-20)14-7-16(23)11-17(24)8-14/h7-13H,3-6H2,1-2H3. The highest BCUT2D eigenvalue weighted by molar-refractivity contribution is 6.35. The van der Waals surface area contributed by atoms with Crippen molar-refractivity contribution in [1.29, 1.82) is 0 Å². The fourth-order valence-electron chi connectivity index (χ4n) is 3.30. The van der Waals surface area contributed by atoms with Gasteiger partial charge in [0.15, 0.2) is 5.75 Å². The fourth-order valence-corrected chi connectivity index (χ4v) is 3.82. The van der Waals surface area contributed by atoms with Crippen molar-refractivity contribution < 1.29 is 14.3 Å². The van der Waals surface area contributed by atoms with Crippen LogP contribution in [0.1, 0.15) is 10.4 Å². The quantitative estimate of drug-likeness (QED) is 0.510. The Balaban J connectivity index is 1.60. The third-order valence-corrected chi connectivity index (χ3v) is 5.44. The van der Waals surface area contributed by atoms with E-state index >= 15 is 0 Å². The van der Waals surface area contributed by atoms with Crippen LogP contribution >= 0.6 is 23.2 Å². The number of rotatable bonds is 5. The summed E-state index contributed by atoms with van der Waals surface area (Å²) < 4.78 is 10.7. The van der Waals surface area contributed by atoms with Gasteiger partial charge in [0.1, 0.15) is 0 Å². The molecule has 0 bridgehead atoms. The normalized spacial score (nSPS) is 14.3. The van der Waals surface area contributed by atoms with E-state index in [1.165, 1.54) is 13.2 Å². The zero-order valence-corrected chi connectivity index (χ0v) is 19.1. The van der Waals surface area contributed by atoms with Crippen LogP contribution in [0, 0.1) is 0 Å². The average molecular weight is 474 g/mol. The van der Waals surface area contributed by atoms with Gasteiger partial charge in [0, 0.05) is 47.9 Å². The molecule has 32 heavy (non-hydrogen) atoms. The van der Waals surface area contributed by atoms with Gasteiger partial charge in [0.25, 0.3) is 0 Å². The summed E-state index contributed by atoms with van der Waals surface area (Å²) in [5.41, 5.74) is 1.38. The fraction of sp³-hybridized carbons (Fsp3) is 0.273. The molecule has 166 valence electrons. The zero-order valence-electron chi connectivity index (χ0n) is 17.6. The number of halogens is 2. The number of anilines is 1. The largest absolute Gasteiger partial charge is 0.465 e. The molecular formula is C22H21Cl2N5O3. The summed E-state index contributed by atoms with van der Waals surface area (Å²) in [6.07, 6.45) is 3.17. The molecule has 0 spiro atoms. The van der Waals surface area contributed by atoms with Crippen molar-refractivity contribution in [3.8, 4) is 22.9 Å². The Morgan fingerprint density at radius 2 is 1.62 bits per heavy atom. The molecule has 0 atom stereocenters. The van der Waals surface area contributed by atoms with E-state index in [1.54, 1.807) is 36.7 Å². The van der Waals surface area contributed by atoms with Gasteiger partial charge in [-0.15, -0.1) is 0 Å². The van der Waals surface area contributed by atoms with Crippen LogP contribution < -0.4 is 9.64 Å². The van der Waals surface area contributed by atoms with Crippen molar-refractivity contribution in [3.63, 3.8) is 0 Å². The van der Waals surface area contributed by atoms with Crippen molar-refractivity contribution in [3.05, 3.63) is 58.3 Å². The maximum absolute atomic E-state index is 12.2. The molecule has 1 aliphatic heterocycles. The van der Waals surface area contributed by atoms with Crippen molar-refractivity contribution in [2.24, 2.45) is 0 Å². The predicted molar refractivity (Wildman–Crippen MR) is 123 cm³/mol. The Morgan fingerprint density at radius 1 is 0.969 bits per heavy atom. The van der Waals surface area contributed by atoms with Gasteiger partial charge in [-0.25, -0.2) is 19.7 Å². The van der Waals surface area contributed by atoms with Crippen LogP contribution in [0.25, 0.3) is 11.3 Å². The van der Waals surface area contributed by atoms with Crippen LogP contribution in [-0.4, -0.2) is 66.2 Å². The van der Waals surface area contributed by atoms with Crippen LogP contribution in [0.15, 0.2) is 42.7 Å². The first kappa shape index (κ1) is 22.3. The maximum Gasteiger partial charge on any atom is 0.338 e. The van der Waals surface area contributed by atoms with E-state index in [4.69, 9.17) is 32.7 Å². The molecule has 0 unspecified atom stereocenters. The number of hydrogen-bond acceptors (Lipinski definition) is 8. The second kappa shape index (κ2) is 9.68. The minimum atomic E-state index is -0.520. The van der Waals surface area contributed by atoms with Gasteiger partial charge in [-0.2, -0.15) is 0 Å². The van der Waals surface area contributed by atoms with Gasteiger partial charge in [0.05, 0.1) is 30.8 Å². The summed E-state index contributed by atoms with van der Waals surface area (Å²) in [7, 11) is 3.40. The molecule has 0 amide bonds. The predicted octanol–water partition coefficient (Wildman–Crippen LogP) is 4.18. The lowest BCUT2D eigenvalue weighted by atomic mass is 10.1. The summed E-state index contributed by atoms with van der Waals surface area (Å²) in [6, 6.07) is 8.11. The van der Waals surface area contributed by atoms with Crippen molar-refractivity contribution >= 4 is 35.1 Å². The summed E-state index contributed by atoms with van der Waals surface area (Å²) >= 11 is 12.3. The van der Waals surface area contributed by atoms with E-state index in [1.807, 2.05) is 0 Å². The summed E-state index contributed by atoms with van der Waals surface area (Å²) in [5, 5.41) is 0.904. The molecular weight excluding hydrogens is 453 g/mol. The molecule has 2 aromatic heterocycles. The second-order valence-corrected chi connectivity index (χ2v) is 8.21. The molecule has 1 saturated heterocycles. The van der Waals surface area contributed by atoms with Gasteiger partial charge >= 0.3 is 5.97 Å². The van der Waals surface area contributed by atoms with Gasteiger partial charge in [-0.05, 0) is 31.3 Å². The van der Waals surface area contributed by atoms with E-state index in [0.717, 1.165) is 26.2 Å². The van der Waals surface area contributed by atoms with E-state index in [9.17, 15) is 4.79 Å². The molecule has 1 fully saturated rings. The summed E-state index contributed by atoms with van der Waals surface area (Å²) in [5.74, 6) is 0.715. The lowest BCUT2D eigenvalue weighted by molar-refractivity contribution is 0.0600. The number of likely N-dealkylation sites (N-methyl/N-ethyl adjacent to an activating group) is 1. The summed E-state index contributed by atoms with van der Waals surface area (Å²) in [6.45, 7) is 3.65. The highest BCUT2D eigenvalue weighted by Gasteiger charge is 2.17. The molecule has 3 aromatic rings. The highest BCUT2D eigenvalue weighted by atomic mass is 35.5. The minimum absolute atomic E-state index is 0.190. The highest BCUT2D eigenvalue weighted by Crippen LogP contribution is 2.30. The molecule has 1 aromatic carbocycles. The summed E-state index contributed by atoms with van der Waals surface area (Å²) in [4.78, 5) is 29.9. The Labute approximate surface area is 195 Å². The minimum Gasteiger partial charge on any atom is -0.465 e. The number of benzene rings is 1. The third kappa shape index (κ3) is 5.27. The lowest BCUT2D eigenvalue weighted by Gasteiger charge is -2.32. The van der Waals surface area contributed by atoms with Crippen LogP contribution in [0.2, 0.25) is 10.0 Å². The Bertz CT molecular complexity index is 1100. The van der Waals surface area contributed by atoms with Gasteiger partial charge in [-0.3, -0.25) is 0 Å². The zero-order chi connectivity index (χ0) is 22.7. The van der Waals surface area contributed by atoms with E-state index in [2.05, 4.69) is 31.8 Å². The monoisotopic (exact) mass is 473 g/mol. The number of aromatic nitrogens is 3.